The van der Waals surface area contributed by atoms with Gasteiger partial charge in [0.05, 0.1) is 0 Å². The molecular formula is C9H15NOP4. The van der Waals surface area contributed by atoms with Crippen molar-refractivity contribution in [3.05, 3.63) is 34.2 Å². The Hall–Kier alpha value is 0.670. The molecule has 0 bridgehead atoms. The van der Waals surface area contributed by atoms with E-state index in [1.54, 1.807) is 6.07 Å². The van der Waals surface area contributed by atoms with Crippen LogP contribution in [0.25, 0.3) is 0 Å². The highest BCUT2D eigenvalue weighted by Gasteiger charge is 2.32. The predicted molar refractivity (Wildman–Crippen MR) is 77.6 cm³/mol. The number of hydrogen-bond acceptors (Lipinski definition) is 1. The first kappa shape index (κ1) is 12.1. The third kappa shape index (κ3) is 2.21. The van der Waals surface area contributed by atoms with Gasteiger partial charge in [-0.25, -0.2) is 0 Å². The van der Waals surface area contributed by atoms with Gasteiger partial charge in [0.1, 0.15) is 0 Å². The van der Waals surface area contributed by atoms with Crippen LogP contribution in [0.3, 0.4) is 0 Å². The molecule has 2 heterocycles. The van der Waals surface area contributed by atoms with E-state index in [0.717, 1.165) is 14.5 Å². The summed E-state index contributed by atoms with van der Waals surface area (Å²) >= 11 is 0. The Morgan fingerprint density at radius 1 is 1.60 bits per heavy atom. The van der Waals surface area contributed by atoms with E-state index < -0.39 is 0 Å². The second kappa shape index (κ2) is 4.89. The molecule has 6 heteroatoms. The fourth-order valence-electron chi connectivity index (χ4n) is 2.10. The Bertz CT molecular complexity index is 419. The van der Waals surface area contributed by atoms with Crippen molar-refractivity contribution < 1.29 is 0 Å². The molecule has 15 heavy (non-hydrogen) atoms. The minimum Gasteiger partial charge on any atom is -0.312 e. The van der Waals surface area contributed by atoms with Gasteiger partial charge in [-0.15, -0.1) is 17.9 Å². The zero-order valence-electron chi connectivity index (χ0n) is 8.55. The molecule has 82 valence electrons. The van der Waals surface area contributed by atoms with Crippen molar-refractivity contribution in [2.45, 2.75) is 25.0 Å². The summed E-state index contributed by atoms with van der Waals surface area (Å²) < 4.78 is 1.94. The molecule has 1 aliphatic rings. The molecule has 1 aromatic heterocycles. The van der Waals surface area contributed by atoms with Gasteiger partial charge < -0.3 is 4.57 Å². The molecule has 0 aromatic carbocycles. The van der Waals surface area contributed by atoms with Crippen LogP contribution in [-0.2, 0) is 6.54 Å². The minimum absolute atomic E-state index is 0.0299. The molecule has 0 saturated carbocycles. The smallest absolute Gasteiger partial charge is 0.250 e. The molecule has 2 rings (SSSR count). The SMILES string of the molecule is C[C@H]1c2cccc(=O)n2C[C@@H]1P(P)PP. The maximum atomic E-state index is 11.7. The highest BCUT2D eigenvalue weighted by molar-refractivity contribution is 8.61. The lowest BCUT2D eigenvalue weighted by atomic mass is 10.1. The summed E-state index contributed by atoms with van der Waals surface area (Å²) in [4.78, 5) is 11.7. The lowest BCUT2D eigenvalue weighted by Gasteiger charge is -2.20. The maximum absolute atomic E-state index is 11.7. The number of fused-ring (bicyclic) bond motifs is 1. The molecule has 0 amide bonds. The van der Waals surface area contributed by atoms with Gasteiger partial charge >= 0.3 is 0 Å². The van der Waals surface area contributed by atoms with E-state index in [1.807, 2.05) is 10.6 Å². The molecule has 1 aliphatic heterocycles. The standard InChI is InChI=1S/C9H15NOP4/c1-6-7-3-2-4-9(11)10(7)5-8(6)15(13)14-12/h2-4,6,8,14H,5,12-13H2,1H3/t6-,8-,15?/m0/s1. The number of hydrogen-bond donors (Lipinski definition) is 0. The molecule has 2 nitrogen and oxygen atoms in total. The summed E-state index contributed by atoms with van der Waals surface area (Å²) in [6.07, 6.45) is 0. The molecule has 0 aliphatic carbocycles. The van der Waals surface area contributed by atoms with E-state index in [9.17, 15) is 4.79 Å². The Labute approximate surface area is 97.2 Å². The lowest BCUT2D eigenvalue weighted by Crippen LogP contribution is -2.18. The molecule has 1 aromatic rings. The van der Waals surface area contributed by atoms with E-state index in [4.69, 9.17) is 0 Å². The molecule has 0 N–H and O–H groups in total. The molecule has 0 radical (unpaired) electrons. The van der Waals surface area contributed by atoms with Gasteiger partial charge in [-0.05, 0) is 6.07 Å². The second-order valence-corrected chi connectivity index (χ2v) is 13.4. The van der Waals surface area contributed by atoms with Gasteiger partial charge in [0.25, 0.3) is 5.56 Å². The van der Waals surface area contributed by atoms with Gasteiger partial charge in [0.15, 0.2) is 0 Å². The van der Waals surface area contributed by atoms with Crippen LogP contribution in [0.15, 0.2) is 23.0 Å². The van der Waals surface area contributed by atoms with E-state index in [2.05, 4.69) is 30.8 Å². The van der Waals surface area contributed by atoms with E-state index >= 15 is 0 Å². The van der Waals surface area contributed by atoms with Gasteiger partial charge in [-0.3, -0.25) is 4.79 Å². The van der Waals surface area contributed by atoms with Gasteiger partial charge in [-0.2, -0.15) is 0 Å². The summed E-state index contributed by atoms with van der Waals surface area (Å²) in [7, 11) is 6.69. The van der Waals surface area contributed by atoms with Crippen LogP contribution < -0.4 is 5.56 Å². The van der Waals surface area contributed by atoms with Crippen molar-refractivity contribution in [2.75, 3.05) is 0 Å². The fourth-order valence-corrected chi connectivity index (χ4v) is 7.53. The highest BCUT2D eigenvalue weighted by atomic mass is 32.6. The van der Waals surface area contributed by atoms with E-state index in [0.29, 0.717) is 11.6 Å². The monoisotopic (exact) mass is 277 g/mol. The van der Waals surface area contributed by atoms with Crippen LogP contribution >= 0.6 is 33.1 Å². The first-order valence-corrected chi connectivity index (χ1v) is 11.5. The van der Waals surface area contributed by atoms with Crippen molar-refractivity contribution >= 4 is 33.1 Å². The summed E-state index contributed by atoms with van der Waals surface area (Å²) in [6, 6.07) is 5.62. The van der Waals surface area contributed by atoms with Crippen LogP contribution in [0, 0.1) is 0 Å². The Morgan fingerprint density at radius 2 is 2.33 bits per heavy atom. The zero-order chi connectivity index (χ0) is 11.0. The van der Waals surface area contributed by atoms with Crippen LogP contribution in [0.4, 0.5) is 0 Å². The average Bonchev–Trinajstić information content (AvgIpc) is 2.57. The molecule has 0 fully saturated rings. The zero-order valence-corrected chi connectivity index (χ0v) is 12.8. The lowest BCUT2D eigenvalue weighted by molar-refractivity contribution is 0.707. The normalized spacial score (nSPS) is 27.1. The van der Waals surface area contributed by atoms with Crippen LogP contribution in [0.5, 0.6) is 0 Å². The van der Waals surface area contributed by atoms with Crippen molar-refractivity contribution in [1.82, 2.24) is 4.57 Å². The van der Waals surface area contributed by atoms with Crippen molar-refractivity contribution in [2.24, 2.45) is 0 Å². The average molecular weight is 277 g/mol. The van der Waals surface area contributed by atoms with E-state index in [-0.39, 0.29) is 12.9 Å². The Balaban J connectivity index is 2.37. The van der Waals surface area contributed by atoms with Gasteiger partial charge in [0.2, 0.25) is 0 Å². The largest absolute Gasteiger partial charge is 0.312 e. The Kier molecular flexibility index (Phi) is 3.96. The van der Waals surface area contributed by atoms with Crippen LogP contribution in [-0.4, -0.2) is 10.2 Å². The first-order valence-electron chi connectivity index (χ1n) is 4.85. The number of rotatable bonds is 2. The summed E-state index contributed by atoms with van der Waals surface area (Å²) in [5.41, 5.74) is 2.02. The Morgan fingerprint density at radius 3 is 2.93 bits per heavy atom. The van der Waals surface area contributed by atoms with Crippen molar-refractivity contribution in [1.29, 1.82) is 0 Å². The molecule has 0 saturated heterocycles. The quantitative estimate of drug-likeness (QED) is 0.762. The fraction of sp³-hybridized carbons (Fsp3) is 0.444. The van der Waals surface area contributed by atoms with Gasteiger partial charge in [-0.1, -0.05) is 28.2 Å². The molecular weight excluding hydrogens is 262 g/mol. The van der Waals surface area contributed by atoms with Crippen molar-refractivity contribution in [3.8, 4) is 0 Å². The number of pyridine rings is 1. The summed E-state index contributed by atoms with van der Waals surface area (Å²) in [6.45, 7) is 3.15. The molecule has 6 atom stereocenters. The minimum atomic E-state index is -0.0299. The van der Waals surface area contributed by atoms with Crippen LogP contribution in [0.2, 0.25) is 0 Å². The highest BCUT2D eigenvalue weighted by Crippen LogP contribution is 2.72. The predicted octanol–water partition coefficient (Wildman–Crippen LogP) is 2.99. The van der Waals surface area contributed by atoms with Crippen molar-refractivity contribution in [3.63, 3.8) is 0 Å². The number of aromatic nitrogens is 1. The third-order valence-electron chi connectivity index (χ3n) is 3.00. The summed E-state index contributed by atoms with van der Waals surface area (Å²) in [5.74, 6) is 0.524. The number of nitrogens with zero attached hydrogens (tertiary/aromatic N) is 1. The molecule has 0 spiro atoms. The second-order valence-electron chi connectivity index (χ2n) is 3.79. The van der Waals surface area contributed by atoms with E-state index in [1.165, 1.54) is 5.69 Å². The van der Waals surface area contributed by atoms with Crippen LogP contribution in [0.1, 0.15) is 18.5 Å². The first-order chi connectivity index (χ1) is 7.15. The third-order valence-corrected chi connectivity index (χ3v) is 14.4. The summed E-state index contributed by atoms with van der Waals surface area (Å²) in [5, 5.41) is 0. The maximum Gasteiger partial charge on any atom is 0.250 e. The molecule has 4 unspecified atom stereocenters. The topological polar surface area (TPSA) is 22.0 Å². The van der Waals surface area contributed by atoms with Gasteiger partial charge in [0, 0.05) is 29.9 Å².